The van der Waals surface area contributed by atoms with Crippen molar-refractivity contribution in [3.05, 3.63) is 18.5 Å². The maximum atomic E-state index is 13.1. The summed E-state index contributed by atoms with van der Waals surface area (Å²) in [6.45, 7) is 4.67. The topological polar surface area (TPSA) is 62.3 Å². The molecule has 0 aliphatic heterocycles. The molecule has 0 saturated heterocycles. The third-order valence-corrected chi connectivity index (χ3v) is 5.86. The van der Waals surface area contributed by atoms with E-state index in [9.17, 15) is 8.42 Å². The third-order valence-electron chi connectivity index (χ3n) is 3.92. The Hall–Kier alpha value is -1.14. The lowest BCUT2D eigenvalue weighted by molar-refractivity contribution is 0.292. The van der Waals surface area contributed by atoms with E-state index in [0.717, 1.165) is 25.7 Å². The molecule has 1 N–H and O–H groups in total. The second-order valence-electron chi connectivity index (χ2n) is 6.03. The van der Waals surface area contributed by atoms with Crippen LogP contribution in [0.3, 0.4) is 0 Å². The van der Waals surface area contributed by atoms with E-state index in [1.54, 1.807) is 23.6 Å². The Morgan fingerprint density at radius 1 is 1.38 bits per heavy atom. The van der Waals surface area contributed by atoms with Crippen molar-refractivity contribution >= 4 is 15.7 Å². The monoisotopic (exact) mass is 311 g/mol. The molecule has 0 atom stereocenters. The summed E-state index contributed by atoms with van der Waals surface area (Å²) in [6.07, 6.45) is 7.19. The quantitative estimate of drug-likeness (QED) is 0.877. The van der Waals surface area contributed by atoms with Crippen molar-refractivity contribution in [3.63, 3.8) is 0 Å². The van der Waals surface area contributed by atoms with Crippen LogP contribution in [0.1, 0.15) is 39.5 Å². The van der Waals surface area contributed by atoms with E-state index in [1.165, 1.54) is 6.20 Å². The summed E-state index contributed by atoms with van der Waals surface area (Å²) in [5.41, 5.74) is 0.608. The van der Waals surface area contributed by atoms with Gasteiger partial charge in [0.1, 0.15) is 4.90 Å². The van der Waals surface area contributed by atoms with E-state index in [1.807, 2.05) is 0 Å². The molecule has 1 aliphatic carbocycles. The number of rotatable bonds is 6. The molecule has 118 valence electrons. The van der Waals surface area contributed by atoms with Crippen molar-refractivity contribution in [3.8, 4) is 0 Å². The van der Waals surface area contributed by atoms with E-state index in [0.29, 0.717) is 18.2 Å². The summed E-state index contributed by atoms with van der Waals surface area (Å²) in [5.74, 6) is 0.301. The molecule has 1 aromatic rings. The number of anilines is 1. The number of pyridine rings is 1. The highest BCUT2D eigenvalue weighted by Crippen LogP contribution is 2.31. The van der Waals surface area contributed by atoms with E-state index in [2.05, 4.69) is 24.1 Å². The summed E-state index contributed by atoms with van der Waals surface area (Å²) < 4.78 is 27.9. The summed E-state index contributed by atoms with van der Waals surface area (Å²) in [5, 5.41) is 2.95. The van der Waals surface area contributed by atoms with Crippen LogP contribution in [0.4, 0.5) is 5.69 Å². The van der Waals surface area contributed by atoms with Crippen LogP contribution in [-0.4, -0.2) is 37.3 Å². The van der Waals surface area contributed by atoms with Gasteiger partial charge in [-0.1, -0.05) is 26.7 Å². The molecule has 1 saturated carbocycles. The Kier molecular flexibility index (Phi) is 5.22. The molecule has 0 aromatic carbocycles. The van der Waals surface area contributed by atoms with Crippen LogP contribution in [0.2, 0.25) is 0 Å². The number of hydrogen-bond donors (Lipinski definition) is 1. The summed E-state index contributed by atoms with van der Waals surface area (Å²) >= 11 is 0. The fourth-order valence-electron chi connectivity index (χ4n) is 2.91. The van der Waals surface area contributed by atoms with Gasteiger partial charge >= 0.3 is 0 Å². The highest BCUT2D eigenvalue weighted by Gasteiger charge is 2.34. The Bertz CT molecular complexity index is 566. The van der Waals surface area contributed by atoms with E-state index < -0.39 is 10.0 Å². The number of nitrogens with zero attached hydrogens (tertiary/aromatic N) is 2. The van der Waals surface area contributed by atoms with E-state index >= 15 is 0 Å². The molecule has 6 heteroatoms. The normalized spacial score (nSPS) is 16.8. The number of hydrogen-bond acceptors (Lipinski definition) is 4. The average Bonchev–Trinajstić information content (AvgIpc) is 2.98. The Labute approximate surface area is 127 Å². The van der Waals surface area contributed by atoms with Crippen LogP contribution in [-0.2, 0) is 10.0 Å². The molecule has 0 bridgehead atoms. The lowest BCUT2D eigenvalue weighted by Gasteiger charge is -2.30. The molecular weight excluding hydrogens is 286 g/mol. The van der Waals surface area contributed by atoms with E-state index in [4.69, 9.17) is 0 Å². The van der Waals surface area contributed by atoms with Crippen molar-refractivity contribution in [2.75, 3.05) is 18.9 Å². The highest BCUT2D eigenvalue weighted by molar-refractivity contribution is 7.89. The van der Waals surface area contributed by atoms with E-state index in [-0.39, 0.29) is 10.9 Å². The molecule has 0 amide bonds. The highest BCUT2D eigenvalue weighted by atomic mass is 32.2. The van der Waals surface area contributed by atoms with Crippen LogP contribution in [0.5, 0.6) is 0 Å². The molecule has 0 unspecified atom stereocenters. The average molecular weight is 311 g/mol. The second kappa shape index (κ2) is 6.75. The number of nitrogens with one attached hydrogen (secondary N) is 1. The molecule has 1 fully saturated rings. The first-order chi connectivity index (χ1) is 9.96. The molecular formula is C15H25N3O2S. The van der Waals surface area contributed by atoms with Gasteiger partial charge in [-0.3, -0.25) is 4.98 Å². The molecule has 21 heavy (non-hydrogen) atoms. The summed E-state index contributed by atoms with van der Waals surface area (Å²) in [7, 11) is -1.78. The minimum Gasteiger partial charge on any atom is -0.387 e. The van der Waals surface area contributed by atoms with Gasteiger partial charge in [0.15, 0.2) is 0 Å². The Morgan fingerprint density at radius 2 is 2.05 bits per heavy atom. The molecule has 1 heterocycles. The van der Waals surface area contributed by atoms with Crippen LogP contribution < -0.4 is 5.32 Å². The van der Waals surface area contributed by atoms with Gasteiger partial charge in [0.2, 0.25) is 10.0 Å². The standard InChI is InChI=1S/C15H25N3O2S/c1-12(2)11-18(13-6-4-5-7-13)21(19,20)15-10-17-9-8-14(15)16-3/h8-10,12-13H,4-7,11H2,1-3H3,(H,16,17). The van der Waals surface area contributed by atoms with Crippen LogP contribution in [0.25, 0.3) is 0 Å². The summed E-state index contributed by atoms with van der Waals surface area (Å²) in [4.78, 5) is 4.28. The fourth-order valence-corrected chi connectivity index (χ4v) is 4.91. The van der Waals surface area contributed by atoms with Gasteiger partial charge in [-0.25, -0.2) is 8.42 Å². The molecule has 0 radical (unpaired) electrons. The Balaban J connectivity index is 2.41. The number of sulfonamides is 1. The van der Waals surface area contributed by atoms with Gasteiger partial charge in [-0.05, 0) is 24.8 Å². The SMILES string of the molecule is CNc1ccncc1S(=O)(=O)N(CC(C)C)C1CCCC1. The fraction of sp³-hybridized carbons (Fsp3) is 0.667. The van der Waals surface area contributed by atoms with Gasteiger partial charge in [0.05, 0.1) is 5.69 Å². The lowest BCUT2D eigenvalue weighted by Crippen LogP contribution is -2.41. The van der Waals surface area contributed by atoms with Crippen molar-refractivity contribution < 1.29 is 8.42 Å². The molecule has 1 aromatic heterocycles. The van der Waals surface area contributed by atoms with Crippen molar-refractivity contribution in [1.82, 2.24) is 9.29 Å². The second-order valence-corrected chi connectivity index (χ2v) is 7.89. The molecule has 0 spiro atoms. The van der Waals surface area contributed by atoms with Crippen molar-refractivity contribution in [1.29, 1.82) is 0 Å². The zero-order valence-corrected chi connectivity index (χ0v) is 13.9. The first kappa shape index (κ1) is 16.2. The minimum absolute atomic E-state index is 0.127. The molecule has 1 aliphatic rings. The van der Waals surface area contributed by atoms with Gasteiger partial charge in [0.25, 0.3) is 0 Å². The zero-order valence-electron chi connectivity index (χ0n) is 13.0. The van der Waals surface area contributed by atoms with Gasteiger partial charge in [0, 0.05) is 32.0 Å². The lowest BCUT2D eigenvalue weighted by atomic mass is 10.2. The van der Waals surface area contributed by atoms with Crippen LogP contribution in [0, 0.1) is 5.92 Å². The predicted octanol–water partition coefficient (Wildman–Crippen LogP) is 2.71. The van der Waals surface area contributed by atoms with Gasteiger partial charge in [-0.15, -0.1) is 0 Å². The Morgan fingerprint density at radius 3 is 2.62 bits per heavy atom. The zero-order chi connectivity index (χ0) is 15.5. The van der Waals surface area contributed by atoms with Crippen molar-refractivity contribution in [2.24, 2.45) is 5.92 Å². The van der Waals surface area contributed by atoms with Gasteiger partial charge < -0.3 is 5.32 Å². The maximum Gasteiger partial charge on any atom is 0.246 e. The van der Waals surface area contributed by atoms with Crippen molar-refractivity contribution in [2.45, 2.75) is 50.5 Å². The largest absolute Gasteiger partial charge is 0.387 e. The van der Waals surface area contributed by atoms with Crippen LogP contribution in [0.15, 0.2) is 23.4 Å². The van der Waals surface area contributed by atoms with Gasteiger partial charge in [-0.2, -0.15) is 4.31 Å². The first-order valence-electron chi connectivity index (χ1n) is 7.60. The third kappa shape index (κ3) is 3.55. The predicted molar refractivity (Wildman–Crippen MR) is 84.8 cm³/mol. The minimum atomic E-state index is -3.51. The number of aromatic nitrogens is 1. The summed E-state index contributed by atoms with van der Waals surface area (Å²) in [6, 6.07) is 1.83. The van der Waals surface area contributed by atoms with Crippen LogP contribution >= 0.6 is 0 Å². The molecule has 5 nitrogen and oxygen atoms in total. The first-order valence-corrected chi connectivity index (χ1v) is 9.04. The molecule has 2 rings (SSSR count). The smallest absolute Gasteiger partial charge is 0.246 e. The maximum absolute atomic E-state index is 13.1.